The second kappa shape index (κ2) is 6.55. The largest absolute Gasteiger partial charge is 0.366 e. The van der Waals surface area contributed by atoms with Crippen LogP contribution in [0.1, 0.15) is 35.8 Å². The van der Waals surface area contributed by atoms with Crippen molar-refractivity contribution in [3.8, 4) is 11.1 Å². The molecule has 0 saturated heterocycles. The predicted octanol–water partition coefficient (Wildman–Crippen LogP) is 2.88. The minimum Gasteiger partial charge on any atom is -0.366 e. The number of aromatic nitrogens is 2. The lowest BCUT2D eigenvalue weighted by molar-refractivity contribution is -0.115. The van der Waals surface area contributed by atoms with Crippen molar-refractivity contribution in [2.24, 2.45) is 5.73 Å². The number of nitrogens with one attached hydrogen (secondary N) is 1. The molecule has 5 rings (SSSR count). The molecule has 146 valence electrons. The molecular weight excluding hydrogens is 366 g/mol. The Balaban J connectivity index is 1.63. The Kier molecular flexibility index (Phi) is 3.97. The van der Waals surface area contributed by atoms with Gasteiger partial charge in [-0.2, -0.15) is 0 Å². The first-order valence-electron chi connectivity index (χ1n) is 9.85. The molecule has 3 aromatic rings. The fourth-order valence-corrected chi connectivity index (χ4v) is 4.11. The summed E-state index contributed by atoms with van der Waals surface area (Å²) in [7, 11) is 0. The first-order chi connectivity index (χ1) is 14.0. The first kappa shape index (κ1) is 17.6. The van der Waals surface area contributed by atoms with Crippen molar-refractivity contribution in [3.05, 3.63) is 47.7 Å². The summed E-state index contributed by atoms with van der Waals surface area (Å²) in [4.78, 5) is 25.8. The highest BCUT2D eigenvalue weighted by Crippen LogP contribution is 2.38. The summed E-state index contributed by atoms with van der Waals surface area (Å²) < 4.78 is 0. The minimum absolute atomic E-state index is 0.0184. The fraction of sp³-hybridized carbons (Fsp3) is 0.273. The molecule has 2 aromatic carbocycles. The quantitative estimate of drug-likeness (QED) is 0.701. The molecule has 29 heavy (non-hydrogen) atoms. The number of benzene rings is 2. The van der Waals surface area contributed by atoms with Crippen LogP contribution in [0.25, 0.3) is 22.0 Å². The van der Waals surface area contributed by atoms with Crippen LogP contribution < -0.4 is 16.0 Å². The normalized spacial score (nSPS) is 15.3. The molecule has 0 bridgehead atoms. The number of amides is 2. The molecule has 2 aliphatic rings. The molecule has 0 unspecified atom stereocenters. The zero-order valence-corrected chi connectivity index (χ0v) is 16.1. The Morgan fingerprint density at radius 3 is 2.66 bits per heavy atom. The number of anilines is 2. The lowest BCUT2D eigenvalue weighted by Crippen LogP contribution is -2.29. The second-order valence-corrected chi connectivity index (χ2v) is 7.61. The average molecular weight is 387 g/mol. The number of rotatable bonds is 5. The van der Waals surface area contributed by atoms with Crippen molar-refractivity contribution < 1.29 is 9.59 Å². The maximum absolute atomic E-state index is 12.0. The van der Waals surface area contributed by atoms with Crippen LogP contribution in [0.4, 0.5) is 11.4 Å². The molecule has 1 saturated carbocycles. The summed E-state index contributed by atoms with van der Waals surface area (Å²) >= 11 is 0. The summed E-state index contributed by atoms with van der Waals surface area (Å²) in [6, 6.07) is 12.4. The minimum atomic E-state index is -0.563. The Bertz CT molecular complexity index is 1170. The number of hydrogen-bond donors (Lipinski definition) is 2. The highest BCUT2D eigenvalue weighted by molar-refractivity contribution is 6.06. The molecule has 7 nitrogen and oxygen atoms in total. The van der Waals surface area contributed by atoms with Gasteiger partial charge < -0.3 is 16.0 Å². The molecule has 1 aromatic heterocycles. The smallest absolute Gasteiger partial charge is 0.271 e. The number of nitrogens with zero attached hydrogens (tertiary/aromatic N) is 3. The Hall–Kier alpha value is -3.48. The lowest BCUT2D eigenvalue weighted by Gasteiger charge is -2.25. The van der Waals surface area contributed by atoms with Crippen molar-refractivity contribution >= 4 is 34.1 Å². The zero-order chi connectivity index (χ0) is 20.1. The fourth-order valence-electron chi connectivity index (χ4n) is 4.11. The van der Waals surface area contributed by atoms with Crippen molar-refractivity contribution in [3.63, 3.8) is 0 Å². The molecule has 0 radical (unpaired) electrons. The van der Waals surface area contributed by atoms with Crippen molar-refractivity contribution in [1.29, 1.82) is 0 Å². The Morgan fingerprint density at radius 1 is 1.17 bits per heavy atom. The SMILES string of the molecule is CCN(c1c(C(N)=O)nnc2cc(-c3ccc4c(c3)NC(=O)C4)ccc12)C1CC1. The summed E-state index contributed by atoms with van der Waals surface area (Å²) in [5, 5.41) is 12.2. The van der Waals surface area contributed by atoms with E-state index in [1.807, 2.05) is 36.4 Å². The summed E-state index contributed by atoms with van der Waals surface area (Å²) in [6.45, 7) is 2.85. The van der Waals surface area contributed by atoms with Gasteiger partial charge in [-0.3, -0.25) is 9.59 Å². The van der Waals surface area contributed by atoms with Crippen LogP contribution in [0.5, 0.6) is 0 Å². The van der Waals surface area contributed by atoms with Gasteiger partial charge in [0, 0.05) is 23.7 Å². The van der Waals surface area contributed by atoms with Crippen LogP contribution in [0.15, 0.2) is 36.4 Å². The van der Waals surface area contributed by atoms with E-state index < -0.39 is 5.91 Å². The molecule has 3 N–H and O–H groups in total. The van der Waals surface area contributed by atoms with Crippen LogP contribution in [0.2, 0.25) is 0 Å². The van der Waals surface area contributed by atoms with E-state index >= 15 is 0 Å². The van der Waals surface area contributed by atoms with Crippen LogP contribution in [0, 0.1) is 0 Å². The monoisotopic (exact) mass is 387 g/mol. The molecule has 1 fully saturated rings. The third kappa shape index (κ3) is 2.99. The predicted molar refractivity (Wildman–Crippen MR) is 112 cm³/mol. The van der Waals surface area contributed by atoms with Crippen molar-refractivity contribution in [2.75, 3.05) is 16.8 Å². The molecule has 0 atom stereocenters. The number of carbonyl (C=O) groups excluding carboxylic acids is 2. The topological polar surface area (TPSA) is 101 Å². The molecule has 1 aliphatic heterocycles. The van der Waals surface area contributed by atoms with Gasteiger partial charge in [0.05, 0.1) is 17.6 Å². The van der Waals surface area contributed by atoms with Gasteiger partial charge in [-0.1, -0.05) is 18.2 Å². The maximum Gasteiger partial charge on any atom is 0.271 e. The number of carbonyl (C=O) groups is 2. The summed E-state index contributed by atoms with van der Waals surface area (Å²) in [5.74, 6) is -0.545. The van der Waals surface area contributed by atoms with E-state index in [-0.39, 0.29) is 11.6 Å². The van der Waals surface area contributed by atoms with Crippen LogP contribution in [-0.2, 0) is 11.2 Å². The van der Waals surface area contributed by atoms with E-state index in [0.29, 0.717) is 18.0 Å². The van der Waals surface area contributed by atoms with E-state index in [9.17, 15) is 9.59 Å². The van der Waals surface area contributed by atoms with Crippen molar-refractivity contribution in [2.45, 2.75) is 32.2 Å². The molecule has 2 heterocycles. The molecule has 7 heteroatoms. The van der Waals surface area contributed by atoms with Gasteiger partial charge in [0.25, 0.3) is 5.91 Å². The van der Waals surface area contributed by atoms with Gasteiger partial charge in [0.2, 0.25) is 5.91 Å². The number of hydrogen-bond acceptors (Lipinski definition) is 5. The number of fused-ring (bicyclic) bond motifs is 2. The Morgan fingerprint density at radius 2 is 1.93 bits per heavy atom. The number of nitrogens with two attached hydrogens (primary N) is 1. The van der Waals surface area contributed by atoms with Gasteiger partial charge in [0.15, 0.2) is 5.69 Å². The van der Waals surface area contributed by atoms with E-state index in [1.165, 1.54) is 0 Å². The van der Waals surface area contributed by atoms with E-state index in [4.69, 9.17) is 5.73 Å². The van der Waals surface area contributed by atoms with Crippen LogP contribution in [-0.4, -0.2) is 34.6 Å². The molecular formula is C22H21N5O2. The number of primary amides is 1. The van der Waals surface area contributed by atoms with E-state index in [0.717, 1.165) is 52.8 Å². The van der Waals surface area contributed by atoms with E-state index in [2.05, 4.69) is 27.3 Å². The standard InChI is InChI=1S/C22H21N5O2/c1-2-27(15-6-7-15)21-16-8-5-13(10-18(16)25-26-20(21)22(23)29)12-3-4-14-11-19(28)24-17(14)9-12/h3-5,8-10,15H,2,6-7,11H2,1H3,(H2,23,29)(H,24,28). The zero-order valence-electron chi connectivity index (χ0n) is 16.1. The van der Waals surface area contributed by atoms with Gasteiger partial charge in [-0.15, -0.1) is 10.2 Å². The van der Waals surface area contributed by atoms with Gasteiger partial charge >= 0.3 is 0 Å². The molecule has 1 aliphatic carbocycles. The van der Waals surface area contributed by atoms with E-state index in [1.54, 1.807) is 0 Å². The second-order valence-electron chi connectivity index (χ2n) is 7.61. The first-order valence-corrected chi connectivity index (χ1v) is 9.85. The van der Waals surface area contributed by atoms with Gasteiger partial charge in [-0.05, 0) is 54.7 Å². The summed E-state index contributed by atoms with van der Waals surface area (Å²) in [5.41, 5.74) is 11.1. The third-order valence-corrected chi connectivity index (χ3v) is 5.65. The highest BCUT2D eigenvalue weighted by atomic mass is 16.2. The van der Waals surface area contributed by atoms with Crippen LogP contribution >= 0.6 is 0 Å². The third-order valence-electron chi connectivity index (χ3n) is 5.65. The van der Waals surface area contributed by atoms with Crippen molar-refractivity contribution in [1.82, 2.24) is 10.2 Å². The Labute approximate surface area is 167 Å². The summed E-state index contributed by atoms with van der Waals surface area (Å²) in [6.07, 6.45) is 2.63. The van der Waals surface area contributed by atoms with Crippen LogP contribution in [0.3, 0.4) is 0 Å². The highest BCUT2D eigenvalue weighted by Gasteiger charge is 2.32. The van der Waals surface area contributed by atoms with Gasteiger partial charge in [0.1, 0.15) is 0 Å². The molecule has 0 spiro atoms. The van der Waals surface area contributed by atoms with Gasteiger partial charge in [-0.25, -0.2) is 0 Å². The lowest BCUT2D eigenvalue weighted by atomic mass is 10.00. The average Bonchev–Trinajstić information content (AvgIpc) is 3.47. The maximum atomic E-state index is 12.0. The molecule has 2 amide bonds.